The number of hydrogen-bond acceptors (Lipinski definition) is 3. The van der Waals surface area contributed by atoms with Crippen molar-refractivity contribution in [3.63, 3.8) is 0 Å². The molecular formula is C13H18ClN3O. The maximum Gasteiger partial charge on any atom is 0.271 e. The molecule has 0 spiro atoms. The Morgan fingerprint density at radius 1 is 1.56 bits per heavy atom. The van der Waals surface area contributed by atoms with Crippen LogP contribution in [0.4, 0.5) is 5.82 Å². The number of aromatic nitrogens is 1. The highest BCUT2D eigenvalue weighted by Gasteiger charge is 2.32. The van der Waals surface area contributed by atoms with Gasteiger partial charge in [-0.25, -0.2) is 4.98 Å². The van der Waals surface area contributed by atoms with Gasteiger partial charge in [0, 0.05) is 6.04 Å². The van der Waals surface area contributed by atoms with E-state index in [0.29, 0.717) is 16.3 Å². The molecule has 3 N–H and O–H groups in total. The molecule has 0 bridgehead atoms. The summed E-state index contributed by atoms with van der Waals surface area (Å²) in [6.07, 6.45) is 3.10. The maximum absolute atomic E-state index is 12.1. The van der Waals surface area contributed by atoms with Crippen molar-refractivity contribution in [1.82, 2.24) is 10.3 Å². The highest BCUT2D eigenvalue weighted by molar-refractivity contribution is 6.33. The van der Waals surface area contributed by atoms with E-state index in [-0.39, 0.29) is 17.6 Å². The van der Waals surface area contributed by atoms with E-state index >= 15 is 0 Å². The smallest absolute Gasteiger partial charge is 0.271 e. The number of nitrogen functional groups attached to an aromatic ring is 1. The van der Waals surface area contributed by atoms with E-state index in [1.807, 2.05) is 0 Å². The number of nitrogens with two attached hydrogens (primary N) is 1. The molecule has 98 valence electrons. The average molecular weight is 268 g/mol. The predicted molar refractivity (Wildman–Crippen MR) is 72.5 cm³/mol. The zero-order valence-corrected chi connectivity index (χ0v) is 11.4. The first-order valence-electron chi connectivity index (χ1n) is 6.10. The lowest BCUT2D eigenvalue weighted by atomic mass is 9.92. The van der Waals surface area contributed by atoms with Crippen LogP contribution in [0, 0.1) is 5.41 Å². The summed E-state index contributed by atoms with van der Waals surface area (Å²) < 4.78 is 0. The quantitative estimate of drug-likeness (QED) is 0.866. The predicted octanol–water partition coefficient (Wildman–Crippen LogP) is 2.63. The molecule has 1 amide bonds. The number of nitrogens with zero attached hydrogens (tertiary/aromatic N) is 1. The van der Waals surface area contributed by atoms with Crippen molar-refractivity contribution in [3.05, 3.63) is 22.8 Å². The van der Waals surface area contributed by atoms with Crippen LogP contribution in [0.1, 0.15) is 43.6 Å². The lowest BCUT2D eigenvalue weighted by molar-refractivity contribution is 0.0931. The molecule has 1 fully saturated rings. The first kappa shape index (κ1) is 13.1. The highest BCUT2D eigenvalue weighted by Crippen LogP contribution is 2.37. The molecule has 0 saturated heterocycles. The van der Waals surface area contributed by atoms with Gasteiger partial charge in [0.1, 0.15) is 11.5 Å². The summed E-state index contributed by atoms with van der Waals surface area (Å²) in [6.45, 7) is 4.43. The number of amides is 1. The minimum absolute atomic E-state index is 0.201. The number of rotatable bonds is 2. The molecule has 1 aliphatic rings. The molecule has 1 heterocycles. The molecule has 1 unspecified atom stereocenters. The van der Waals surface area contributed by atoms with Crippen molar-refractivity contribution >= 4 is 23.3 Å². The molecule has 2 rings (SSSR count). The van der Waals surface area contributed by atoms with Gasteiger partial charge >= 0.3 is 0 Å². The molecule has 0 radical (unpaired) electrons. The van der Waals surface area contributed by atoms with Gasteiger partial charge in [0.25, 0.3) is 5.91 Å². The van der Waals surface area contributed by atoms with E-state index in [4.69, 9.17) is 17.3 Å². The van der Waals surface area contributed by atoms with E-state index in [2.05, 4.69) is 24.1 Å². The molecule has 1 atom stereocenters. The average Bonchev–Trinajstić information content (AvgIpc) is 2.61. The van der Waals surface area contributed by atoms with Crippen molar-refractivity contribution in [2.24, 2.45) is 5.41 Å². The van der Waals surface area contributed by atoms with Gasteiger partial charge in [0.2, 0.25) is 0 Å². The Hall–Kier alpha value is -1.29. The van der Waals surface area contributed by atoms with Gasteiger partial charge in [-0.2, -0.15) is 0 Å². The Morgan fingerprint density at radius 3 is 2.89 bits per heavy atom. The van der Waals surface area contributed by atoms with E-state index in [0.717, 1.165) is 19.3 Å². The summed E-state index contributed by atoms with van der Waals surface area (Å²) in [5.74, 6) is 0.0614. The third-order valence-corrected chi connectivity index (χ3v) is 3.69. The van der Waals surface area contributed by atoms with Crippen molar-refractivity contribution in [1.29, 1.82) is 0 Å². The van der Waals surface area contributed by atoms with Crippen LogP contribution in [0.5, 0.6) is 0 Å². The van der Waals surface area contributed by atoms with Crippen LogP contribution >= 0.6 is 11.6 Å². The van der Waals surface area contributed by atoms with Crippen LogP contribution in [0.3, 0.4) is 0 Å². The minimum atomic E-state index is -0.241. The Labute approximate surface area is 112 Å². The second-order valence-electron chi connectivity index (χ2n) is 5.64. The van der Waals surface area contributed by atoms with E-state index in [1.165, 1.54) is 0 Å². The standard InChI is InChI=1S/C13H18ClN3O/c1-13(2)6-5-8(7-13)16-12(18)11-9(14)3-4-10(15)17-11/h3-4,8H,5-7H2,1-2H3,(H2,15,17)(H,16,18). The van der Waals surface area contributed by atoms with Crippen molar-refractivity contribution in [3.8, 4) is 0 Å². The Bertz CT molecular complexity index is 473. The van der Waals surface area contributed by atoms with Crippen LogP contribution in [0.15, 0.2) is 12.1 Å². The second kappa shape index (κ2) is 4.76. The number of nitrogens with one attached hydrogen (secondary N) is 1. The summed E-state index contributed by atoms with van der Waals surface area (Å²) in [6, 6.07) is 3.38. The van der Waals surface area contributed by atoms with E-state index in [9.17, 15) is 4.79 Å². The fraction of sp³-hybridized carbons (Fsp3) is 0.538. The lowest BCUT2D eigenvalue weighted by Gasteiger charge is -2.17. The highest BCUT2D eigenvalue weighted by atomic mass is 35.5. The summed E-state index contributed by atoms with van der Waals surface area (Å²) >= 11 is 5.95. The summed E-state index contributed by atoms with van der Waals surface area (Å²) in [7, 11) is 0. The van der Waals surface area contributed by atoms with Gasteiger partial charge in [-0.3, -0.25) is 4.79 Å². The third kappa shape index (κ3) is 2.93. The Kier molecular flexibility index (Phi) is 3.48. The largest absolute Gasteiger partial charge is 0.384 e. The van der Waals surface area contributed by atoms with Gasteiger partial charge in [0.15, 0.2) is 0 Å². The van der Waals surface area contributed by atoms with Crippen molar-refractivity contribution < 1.29 is 4.79 Å². The summed E-state index contributed by atoms with van der Waals surface area (Å²) in [5, 5.41) is 3.31. The van der Waals surface area contributed by atoms with Crippen LogP contribution < -0.4 is 11.1 Å². The molecule has 5 heteroatoms. The molecule has 0 aliphatic heterocycles. The number of pyridine rings is 1. The van der Waals surface area contributed by atoms with E-state index in [1.54, 1.807) is 12.1 Å². The second-order valence-corrected chi connectivity index (χ2v) is 6.05. The van der Waals surface area contributed by atoms with Crippen LogP contribution in [-0.4, -0.2) is 16.9 Å². The lowest BCUT2D eigenvalue weighted by Crippen LogP contribution is -2.34. The van der Waals surface area contributed by atoms with Crippen LogP contribution in [-0.2, 0) is 0 Å². The van der Waals surface area contributed by atoms with Gasteiger partial charge < -0.3 is 11.1 Å². The summed E-state index contributed by atoms with van der Waals surface area (Å²) in [5.41, 5.74) is 6.07. The van der Waals surface area contributed by atoms with Crippen LogP contribution in [0.25, 0.3) is 0 Å². The first-order valence-corrected chi connectivity index (χ1v) is 6.48. The molecule has 18 heavy (non-hydrogen) atoms. The topological polar surface area (TPSA) is 68.0 Å². The Balaban J connectivity index is 2.06. The minimum Gasteiger partial charge on any atom is -0.384 e. The number of anilines is 1. The molecule has 4 nitrogen and oxygen atoms in total. The molecular weight excluding hydrogens is 250 g/mol. The monoisotopic (exact) mass is 267 g/mol. The van der Waals surface area contributed by atoms with Gasteiger partial charge in [-0.15, -0.1) is 0 Å². The van der Waals surface area contributed by atoms with E-state index < -0.39 is 0 Å². The normalized spacial score (nSPS) is 21.8. The zero-order chi connectivity index (χ0) is 13.3. The summed E-state index contributed by atoms with van der Waals surface area (Å²) in [4.78, 5) is 16.1. The molecule has 1 saturated carbocycles. The van der Waals surface area contributed by atoms with Gasteiger partial charge in [0.05, 0.1) is 5.02 Å². The number of carbonyl (C=O) groups excluding carboxylic acids is 1. The fourth-order valence-corrected chi connectivity index (χ4v) is 2.62. The molecule has 1 aliphatic carbocycles. The molecule has 0 aromatic carbocycles. The van der Waals surface area contributed by atoms with Gasteiger partial charge in [-0.05, 0) is 36.8 Å². The Morgan fingerprint density at radius 2 is 2.28 bits per heavy atom. The number of halogens is 1. The van der Waals surface area contributed by atoms with Gasteiger partial charge in [-0.1, -0.05) is 25.4 Å². The maximum atomic E-state index is 12.1. The molecule has 1 aromatic rings. The van der Waals surface area contributed by atoms with Crippen molar-refractivity contribution in [2.75, 3.05) is 5.73 Å². The third-order valence-electron chi connectivity index (χ3n) is 3.39. The van der Waals surface area contributed by atoms with Crippen molar-refractivity contribution in [2.45, 2.75) is 39.2 Å². The molecule has 1 aromatic heterocycles. The fourth-order valence-electron chi connectivity index (χ4n) is 2.43. The first-order chi connectivity index (χ1) is 8.37. The zero-order valence-electron chi connectivity index (χ0n) is 10.7. The number of carbonyl (C=O) groups is 1. The number of hydrogen-bond donors (Lipinski definition) is 2. The van der Waals surface area contributed by atoms with Crippen LogP contribution in [0.2, 0.25) is 5.02 Å². The SMILES string of the molecule is CC1(C)CCC(NC(=O)c2nc(N)ccc2Cl)C1.